The van der Waals surface area contributed by atoms with Crippen LogP contribution in [0.5, 0.6) is 0 Å². The molecule has 1 atom stereocenters. The number of carboxylic acids is 1. The maximum atomic E-state index is 11.4. The molecule has 0 bridgehead atoms. The highest BCUT2D eigenvalue weighted by molar-refractivity contribution is 5.77. The fraction of sp³-hybridized carbons (Fsp3) is 0.929. The first-order valence-electron chi connectivity index (χ1n) is 6.82. The van der Waals surface area contributed by atoms with Gasteiger partial charge in [-0.05, 0) is 32.6 Å². The minimum absolute atomic E-state index is 0.243. The number of aliphatic carboxylic acids is 1. The minimum atomic E-state index is -1.22. The van der Waals surface area contributed by atoms with Gasteiger partial charge in [0.1, 0.15) is 5.60 Å². The molecule has 0 aliphatic heterocycles. The smallest absolute Gasteiger partial charge is 0.339 e. The van der Waals surface area contributed by atoms with Gasteiger partial charge in [0, 0.05) is 0 Å². The predicted octanol–water partition coefficient (Wildman–Crippen LogP) is 3.79. The van der Waals surface area contributed by atoms with E-state index in [0.717, 1.165) is 12.8 Å². The van der Waals surface area contributed by atoms with Crippen LogP contribution in [0.15, 0.2) is 0 Å². The largest absolute Gasteiger partial charge is 0.479 e. The lowest BCUT2D eigenvalue weighted by Crippen LogP contribution is -2.44. The zero-order valence-electron chi connectivity index (χ0n) is 12.6. The maximum absolute atomic E-state index is 11.4. The average Bonchev–Trinajstić information content (AvgIpc) is 2.29. The Hall–Kier alpha value is -0.610. The second kappa shape index (κ2) is 7.10. The highest BCUT2D eigenvalue weighted by Crippen LogP contribution is 2.29. The van der Waals surface area contributed by atoms with E-state index in [-0.39, 0.29) is 5.92 Å². The van der Waals surface area contributed by atoms with Gasteiger partial charge in [0.25, 0.3) is 0 Å². The molecule has 0 saturated heterocycles. The summed E-state index contributed by atoms with van der Waals surface area (Å²) < 4.78 is 0. The van der Waals surface area contributed by atoms with Gasteiger partial charge >= 0.3 is 5.97 Å². The van der Waals surface area contributed by atoms with Crippen molar-refractivity contribution in [3.63, 3.8) is 0 Å². The average molecular weight is 260 g/mol. The Morgan fingerprint density at radius 2 is 1.78 bits per heavy atom. The number of hydrogen-bond acceptors (Lipinski definition) is 3. The third-order valence-electron chi connectivity index (χ3n) is 3.70. The van der Waals surface area contributed by atoms with E-state index in [1.807, 2.05) is 41.5 Å². The Bertz CT molecular complexity index is 261. The molecule has 0 radical (unpaired) electrons. The topological polar surface area (TPSA) is 55.8 Å². The first kappa shape index (κ1) is 17.4. The second-order valence-electron chi connectivity index (χ2n) is 5.68. The quantitative estimate of drug-likeness (QED) is 0.506. The van der Waals surface area contributed by atoms with Crippen molar-refractivity contribution in [1.29, 1.82) is 0 Å². The lowest BCUT2D eigenvalue weighted by Gasteiger charge is -2.34. The van der Waals surface area contributed by atoms with E-state index in [1.54, 1.807) is 0 Å². The number of rotatable bonds is 9. The van der Waals surface area contributed by atoms with Gasteiger partial charge in [0.2, 0.25) is 0 Å². The van der Waals surface area contributed by atoms with Crippen molar-refractivity contribution < 1.29 is 19.7 Å². The van der Waals surface area contributed by atoms with Crippen molar-refractivity contribution in [2.45, 2.75) is 78.4 Å². The van der Waals surface area contributed by atoms with Crippen molar-refractivity contribution in [1.82, 2.24) is 0 Å². The molecule has 0 amide bonds. The summed E-state index contributed by atoms with van der Waals surface area (Å²) in [4.78, 5) is 22.2. The molecule has 1 unspecified atom stereocenters. The van der Waals surface area contributed by atoms with Crippen molar-refractivity contribution in [2.75, 3.05) is 0 Å². The van der Waals surface area contributed by atoms with Crippen LogP contribution in [0.1, 0.15) is 67.2 Å². The fourth-order valence-corrected chi connectivity index (χ4v) is 1.32. The summed E-state index contributed by atoms with van der Waals surface area (Å²) in [6, 6.07) is 0. The Labute approximate surface area is 111 Å². The van der Waals surface area contributed by atoms with Crippen molar-refractivity contribution in [3.05, 3.63) is 0 Å². The molecule has 0 aromatic rings. The molecule has 0 heterocycles. The van der Waals surface area contributed by atoms with Gasteiger partial charge in [0.15, 0.2) is 5.60 Å². The summed E-state index contributed by atoms with van der Waals surface area (Å²) in [5.74, 6) is -0.704. The van der Waals surface area contributed by atoms with Crippen LogP contribution in [-0.2, 0) is 14.6 Å². The lowest BCUT2D eigenvalue weighted by atomic mass is 9.93. The highest BCUT2D eigenvalue weighted by atomic mass is 17.2. The van der Waals surface area contributed by atoms with Gasteiger partial charge in [-0.1, -0.05) is 40.5 Å². The number of hydrogen-bond donors (Lipinski definition) is 1. The van der Waals surface area contributed by atoms with Gasteiger partial charge in [-0.3, -0.25) is 0 Å². The summed E-state index contributed by atoms with van der Waals surface area (Å²) >= 11 is 0. The van der Waals surface area contributed by atoms with E-state index in [1.165, 1.54) is 0 Å². The lowest BCUT2D eigenvalue weighted by molar-refractivity contribution is -0.408. The van der Waals surface area contributed by atoms with E-state index in [9.17, 15) is 9.90 Å². The van der Waals surface area contributed by atoms with E-state index in [2.05, 4.69) is 0 Å². The molecule has 18 heavy (non-hydrogen) atoms. The molecule has 0 aliphatic carbocycles. The Balaban J connectivity index is 4.74. The van der Waals surface area contributed by atoms with Crippen molar-refractivity contribution in [3.8, 4) is 0 Å². The first-order chi connectivity index (χ1) is 8.22. The third-order valence-corrected chi connectivity index (χ3v) is 3.70. The highest BCUT2D eigenvalue weighted by Gasteiger charge is 2.41. The van der Waals surface area contributed by atoms with Gasteiger partial charge in [-0.15, -0.1) is 0 Å². The molecule has 0 aromatic heterocycles. The van der Waals surface area contributed by atoms with E-state index in [0.29, 0.717) is 12.8 Å². The van der Waals surface area contributed by atoms with Crippen molar-refractivity contribution in [2.24, 2.45) is 5.92 Å². The van der Waals surface area contributed by atoms with Crippen LogP contribution in [0, 0.1) is 5.92 Å². The number of unbranched alkanes of at least 4 members (excludes halogenated alkanes) is 1. The van der Waals surface area contributed by atoms with Crippen molar-refractivity contribution >= 4 is 5.97 Å². The van der Waals surface area contributed by atoms with Gasteiger partial charge in [0.05, 0.1) is 0 Å². The maximum Gasteiger partial charge on any atom is 0.339 e. The van der Waals surface area contributed by atoms with E-state index < -0.39 is 17.2 Å². The molecule has 1 N–H and O–H groups in total. The molecule has 0 spiro atoms. The summed E-state index contributed by atoms with van der Waals surface area (Å²) in [6.45, 7) is 11.7. The molecule has 4 nitrogen and oxygen atoms in total. The normalized spacial score (nSPS) is 15.7. The molecular weight excluding hydrogens is 232 g/mol. The summed E-state index contributed by atoms with van der Waals surface area (Å²) in [5.41, 5.74) is -1.72. The summed E-state index contributed by atoms with van der Waals surface area (Å²) in [7, 11) is 0. The minimum Gasteiger partial charge on any atom is -0.479 e. The molecule has 4 heteroatoms. The summed E-state index contributed by atoms with van der Waals surface area (Å²) in [5, 5.41) is 9.38. The van der Waals surface area contributed by atoms with Gasteiger partial charge in [-0.25, -0.2) is 14.6 Å². The van der Waals surface area contributed by atoms with Crippen LogP contribution in [0.3, 0.4) is 0 Å². The predicted molar refractivity (Wildman–Crippen MR) is 71.3 cm³/mol. The van der Waals surface area contributed by atoms with Crippen LogP contribution in [0.4, 0.5) is 0 Å². The van der Waals surface area contributed by atoms with Crippen LogP contribution in [-0.4, -0.2) is 22.3 Å². The molecule has 0 fully saturated rings. The Morgan fingerprint density at radius 3 is 2.11 bits per heavy atom. The molecule has 0 saturated carbocycles. The molecule has 0 aromatic carbocycles. The molecular formula is C14H28O4. The first-order valence-corrected chi connectivity index (χ1v) is 6.82. The zero-order valence-corrected chi connectivity index (χ0v) is 12.6. The van der Waals surface area contributed by atoms with Crippen LogP contribution >= 0.6 is 0 Å². The molecule has 108 valence electrons. The number of carbonyl (C=O) groups is 1. The molecule has 0 aliphatic rings. The van der Waals surface area contributed by atoms with Crippen LogP contribution in [0.2, 0.25) is 0 Å². The SMILES string of the molecule is CCCCC(CC)(OOC(C)(C)C(C)C)C(=O)O. The Kier molecular flexibility index (Phi) is 6.86. The third kappa shape index (κ3) is 4.58. The van der Waals surface area contributed by atoms with Crippen LogP contribution in [0.25, 0.3) is 0 Å². The standard InChI is InChI=1S/C14H28O4/c1-7-9-10-14(8-2,12(15)16)18-17-13(5,6)11(3)4/h11H,7-10H2,1-6H3,(H,15,16). The van der Waals surface area contributed by atoms with Crippen LogP contribution < -0.4 is 0 Å². The van der Waals surface area contributed by atoms with Gasteiger partial charge in [-0.2, -0.15) is 0 Å². The van der Waals surface area contributed by atoms with Gasteiger partial charge < -0.3 is 5.11 Å². The van der Waals surface area contributed by atoms with E-state index >= 15 is 0 Å². The number of carboxylic acid groups (broad SMARTS) is 1. The molecule has 0 rings (SSSR count). The fourth-order valence-electron chi connectivity index (χ4n) is 1.32. The van der Waals surface area contributed by atoms with E-state index in [4.69, 9.17) is 9.78 Å². The summed E-state index contributed by atoms with van der Waals surface area (Å²) in [6.07, 6.45) is 2.62. The zero-order chi connectivity index (χ0) is 14.4. The second-order valence-corrected chi connectivity index (χ2v) is 5.68. The Morgan fingerprint density at radius 1 is 1.22 bits per heavy atom. The monoisotopic (exact) mass is 260 g/mol.